The van der Waals surface area contributed by atoms with E-state index in [1.807, 2.05) is 0 Å². The molecule has 0 N–H and O–H groups in total. The zero-order chi connectivity index (χ0) is 13.1. The molecule has 1 saturated heterocycles. The number of amides is 2. The van der Waals surface area contributed by atoms with Crippen LogP contribution in [0.5, 0.6) is 0 Å². The maximum Gasteiger partial charge on any atom is 0.229 e. The first-order valence-corrected chi connectivity index (χ1v) is 5.70. The maximum atomic E-state index is 12.7. The van der Waals surface area contributed by atoms with Crippen molar-refractivity contribution in [1.82, 2.24) is 4.90 Å². The van der Waals surface area contributed by atoms with Gasteiger partial charge in [-0.1, -0.05) is 0 Å². The van der Waals surface area contributed by atoms with Crippen LogP contribution >= 0.6 is 0 Å². The highest BCUT2D eigenvalue weighted by molar-refractivity contribution is 6.05. The van der Waals surface area contributed by atoms with Crippen molar-refractivity contribution in [2.45, 2.75) is 19.3 Å². The van der Waals surface area contributed by atoms with Gasteiger partial charge in [0.1, 0.15) is 5.82 Å². The Morgan fingerprint density at radius 1 is 1.11 bits per heavy atom. The third kappa shape index (κ3) is 2.61. The van der Waals surface area contributed by atoms with Crippen molar-refractivity contribution in [2.75, 3.05) is 6.54 Å². The Bertz CT molecular complexity index is 479. The van der Waals surface area contributed by atoms with E-state index in [9.17, 15) is 18.8 Å². The summed E-state index contributed by atoms with van der Waals surface area (Å²) in [5.41, 5.74) is 0.294. The molecule has 0 radical (unpaired) electrons. The van der Waals surface area contributed by atoms with Crippen LogP contribution in [0.15, 0.2) is 24.3 Å². The van der Waals surface area contributed by atoms with Crippen molar-refractivity contribution in [3.8, 4) is 0 Å². The molecule has 0 atom stereocenters. The Morgan fingerprint density at radius 3 is 2.22 bits per heavy atom. The van der Waals surface area contributed by atoms with Gasteiger partial charge in [0.15, 0.2) is 5.78 Å². The molecule has 2 rings (SSSR count). The second kappa shape index (κ2) is 5.08. The fourth-order valence-corrected chi connectivity index (χ4v) is 1.85. The molecule has 1 aromatic carbocycles. The summed E-state index contributed by atoms with van der Waals surface area (Å²) in [4.78, 5) is 35.9. The van der Waals surface area contributed by atoms with E-state index in [1.54, 1.807) is 0 Å². The number of rotatable bonds is 3. The fourth-order valence-electron chi connectivity index (χ4n) is 1.85. The Labute approximate surface area is 103 Å². The summed E-state index contributed by atoms with van der Waals surface area (Å²) in [5.74, 6) is -1.43. The monoisotopic (exact) mass is 249 g/mol. The van der Waals surface area contributed by atoms with E-state index in [0.29, 0.717) is 24.8 Å². The summed E-state index contributed by atoms with van der Waals surface area (Å²) in [5, 5.41) is 0. The largest absolute Gasteiger partial charge is 0.292 e. The van der Waals surface area contributed by atoms with E-state index in [1.165, 1.54) is 24.3 Å². The molecule has 0 saturated carbocycles. The summed E-state index contributed by atoms with van der Waals surface area (Å²) in [6, 6.07) is 5.04. The minimum Gasteiger partial charge on any atom is -0.292 e. The Balaban J connectivity index is 2.08. The Morgan fingerprint density at radius 2 is 1.67 bits per heavy atom. The molecule has 1 fully saturated rings. The predicted molar refractivity (Wildman–Crippen MR) is 61.3 cm³/mol. The number of hydrogen-bond acceptors (Lipinski definition) is 3. The number of likely N-dealkylation sites (tertiary alicyclic amines) is 1. The highest BCUT2D eigenvalue weighted by atomic mass is 19.1. The first-order valence-electron chi connectivity index (χ1n) is 5.70. The number of piperidine rings is 1. The van der Waals surface area contributed by atoms with Crippen LogP contribution in [0, 0.1) is 5.82 Å². The second-order valence-electron chi connectivity index (χ2n) is 4.16. The fraction of sp³-hybridized carbons (Fsp3) is 0.308. The number of benzene rings is 1. The van der Waals surface area contributed by atoms with Crippen molar-refractivity contribution in [3.05, 3.63) is 35.6 Å². The van der Waals surface area contributed by atoms with Gasteiger partial charge in [0.2, 0.25) is 11.8 Å². The number of nitrogens with zero attached hydrogens (tertiary/aromatic N) is 1. The molecule has 18 heavy (non-hydrogen) atoms. The Kier molecular flexibility index (Phi) is 3.50. The van der Waals surface area contributed by atoms with E-state index in [-0.39, 0.29) is 24.1 Å². The number of carbonyl (C=O) groups is 3. The second-order valence-corrected chi connectivity index (χ2v) is 4.16. The van der Waals surface area contributed by atoms with Gasteiger partial charge in [0, 0.05) is 18.4 Å². The van der Waals surface area contributed by atoms with E-state index in [2.05, 4.69) is 0 Å². The van der Waals surface area contributed by atoms with Crippen molar-refractivity contribution >= 4 is 17.6 Å². The van der Waals surface area contributed by atoms with Gasteiger partial charge in [0.05, 0.1) is 6.54 Å². The summed E-state index contributed by atoms with van der Waals surface area (Å²) in [6.45, 7) is -0.261. The molecule has 5 heteroatoms. The van der Waals surface area contributed by atoms with Crippen LogP contribution in [-0.4, -0.2) is 29.0 Å². The minimum absolute atomic E-state index is 0.261. The van der Waals surface area contributed by atoms with Gasteiger partial charge >= 0.3 is 0 Å². The molecule has 1 heterocycles. The molecule has 0 spiro atoms. The van der Waals surface area contributed by atoms with Gasteiger partial charge in [-0.15, -0.1) is 0 Å². The van der Waals surface area contributed by atoms with Gasteiger partial charge in [-0.05, 0) is 30.7 Å². The highest BCUT2D eigenvalue weighted by Crippen LogP contribution is 2.13. The SMILES string of the molecule is O=C(CN1C(=O)CCCC1=O)c1ccc(F)cc1. The standard InChI is InChI=1S/C13H12FNO3/c14-10-6-4-9(5-7-10)11(16)8-15-12(17)2-1-3-13(15)18/h4-7H,1-3,8H2. The smallest absolute Gasteiger partial charge is 0.229 e. The molecule has 0 aliphatic carbocycles. The van der Waals surface area contributed by atoms with E-state index in [0.717, 1.165) is 4.90 Å². The molecule has 0 bridgehead atoms. The van der Waals surface area contributed by atoms with Gasteiger partial charge < -0.3 is 0 Å². The number of Topliss-reactive ketones (excluding diaryl/α,β-unsaturated/α-hetero) is 1. The lowest BCUT2D eigenvalue weighted by Gasteiger charge is -2.23. The Hall–Kier alpha value is -2.04. The van der Waals surface area contributed by atoms with Crippen LogP contribution in [0.25, 0.3) is 0 Å². The van der Waals surface area contributed by atoms with Crippen molar-refractivity contribution in [2.24, 2.45) is 0 Å². The zero-order valence-electron chi connectivity index (χ0n) is 9.69. The van der Waals surface area contributed by atoms with Crippen molar-refractivity contribution in [3.63, 3.8) is 0 Å². The molecule has 1 aliphatic rings. The predicted octanol–water partition coefficient (Wildman–Crippen LogP) is 1.55. The first-order chi connectivity index (χ1) is 8.58. The molecule has 2 amide bonds. The molecular formula is C13H12FNO3. The van der Waals surface area contributed by atoms with Gasteiger partial charge in [-0.3, -0.25) is 19.3 Å². The van der Waals surface area contributed by atoms with Crippen LogP contribution in [0.4, 0.5) is 4.39 Å². The maximum absolute atomic E-state index is 12.7. The lowest BCUT2D eigenvalue weighted by atomic mass is 10.1. The van der Waals surface area contributed by atoms with Crippen molar-refractivity contribution in [1.29, 1.82) is 0 Å². The van der Waals surface area contributed by atoms with Crippen LogP contribution < -0.4 is 0 Å². The molecule has 4 nitrogen and oxygen atoms in total. The minimum atomic E-state index is -0.434. The molecule has 94 valence electrons. The average Bonchev–Trinajstić information content (AvgIpc) is 2.34. The normalized spacial score (nSPS) is 15.9. The zero-order valence-corrected chi connectivity index (χ0v) is 9.69. The molecule has 0 unspecified atom stereocenters. The topological polar surface area (TPSA) is 54.5 Å². The first kappa shape index (κ1) is 12.4. The number of ketones is 1. The molecule has 1 aliphatic heterocycles. The highest BCUT2D eigenvalue weighted by Gasteiger charge is 2.27. The molecule has 0 aromatic heterocycles. The average molecular weight is 249 g/mol. The van der Waals surface area contributed by atoms with Crippen LogP contribution in [0.1, 0.15) is 29.6 Å². The number of carbonyl (C=O) groups excluding carboxylic acids is 3. The summed E-state index contributed by atoms with van der Waals surface area (Å²) < 4.78 is 12.7. The summed E-state index contributed by atoms with van der Waals surface area (Å²) in [7, 11) is 0. The van der Waals surface area contributed by atoms with Crippen LogP contribution in [0.3, 0.4) is 0 Å². The number of hydrogen-bond donors (Lipinski definition) is 0. The summed E-state index contributed by atoms with van der Waals surface area (Å²) >= 11 is 0. The van der Waals surface area contributed by atoms with Gasteiger partial charge in [-0.25, -0.2) is 4.39 Å². The van der Waals surface area contributed by atoms with Gasteiger partial charge in [0.25, 0.3) is 0 Å². The third-order valence-corrected chi connectivity index (χ3v) is 2.85. The van der Waals surface area contributed by atoms with Gasteiger partial charge in [-0.2, -0.15) is 0 Å². The lowest BCUT2D eigenvalue weighted by Crippen LogP contribution is -2.43. The molecule has 1 aromatic rings. The quantitative estimate of drug-likeness (QED) is 0.603. The third-order valence-electron chi connectivity index (χ3n) is 2.85. The lowest BCUT2D eigenvalue weighted by molar-refractivity contribution is -0.147. The van der Waals surface area contributed by atoms with Crippen LogP contribution in [-0.2, 0) is 9.59 Å². The molecular weight excluding hydrogens is 237 g/mol. The number of imide groups is 1. The summed E-state index contributed by atoms with van der Waals surface area (Å²) in [6.07, 6.45) is 1.13. The van der Waals surface area contributed by atoms with E-state index < -0.39 is 5.82 Å². The van der Waals surface area contributed by atoms with E-state index in [4.69, 9.17) is 0 Å². The van der Waals surface area contributed by atoms with Crippen molar-refractivity contribution < 1.29 is 18.8 Å². The van der Waals surface area contributed by atoms with E-state index >= 15 is 0 Å². The van der Waals surface area contributed by atoms with Crippen LogP contribution in [0.2, 0.25) is 0 Å². The number of halogens is 1.